The Morgan fingerprint density at radius 3 is 2.77 bits per heavy atom. The third kappa shape index (κ3) is 3.30. The van der Waals surface area contributed by atoms with Gasteiger partial charge < -0.3 is 9.64 Å². The largest absolute Gasteiger partial charge is 0.456 e. The fourth-order valence-electron chi connectivity index (χ4n) is 3.78. The molecule has 0 spiro atoms. The molecule has 1 fully saturated rings. The van der Waals surface area contributed by atoms with E-state index >= 15 is 0 Å². The summed E-state index contributed by atoms with van der Waals surface area (Å²) >= 11 is 0. The van der Waals surface area contributed by atoms with E-state index < -0.39 is 5.41 Å². The molecule has 0 bridgehead atoms. The molecule has 0 aromatic heterocycles. The Labute approximate surface area is 155 Å². The normalized spacial score (nSPS) is 20.3. The van der Waals surface area contributed by atoms with Crippen LogP contribution >= 0.6 is 0 Å². The second-order valence-corrected chi connectivity index (χ2v) is 6.86. The minimum atomic E-state index is -0.501. The van der Waals surface area contributed by atoms with Gasteiger partial charge in [-0.15, -0.1) is 0 Å². The maximum Gasteiger partial charge on any atom is 0.232 e. The first kappa shape index (κ1) is 18.0. The first-order chi connectivity index (χ1) is 12.6. The van der Waals surface area contributed by atoms with Gasteiger partial charge in [-0.3, -0.25) is 4.79 Å². The molecule has 1 saturated heterocycles. The number of likely N-dealkylation sites (N-methyl/N-ethyl adjacent to an activating group) is 1. The van der Waals surface area contributed by atoms with Crippen molar-refractivity contribution in [2.24, 2.45) is 0 Å². The summed E-state index contributed by atoms with van der Waals surface area (Å²) in [6, 6.07) is 17.1. The highest BCUT2D eigenvalue weighted by molar-refractivity contribution is 5.88. The zero-order valence-electron chi connectivity index (χ0n) is 15.4. The average molecular weight is 348 g/mol. The van der Waals surface area contributed by atoms with Crippen molar-refractivity contribution in [1.82, 2.24) is 4.90 Å². The van der Waals surface area contributed by atoms with Gasteiger partial charge in [-0.05, 0) is 49.1 Å². The van der Waals surface area contributed by atoms with Crippen molar-refractivity contribution in [2.45, 2.75) is 38.0 Å². The standard InChI is InChI=1S/C22H24N2O2/c1-3-22(13-6-7-14-24(2)21(22)25)18-10-8-11-19(15-18)26-20-12-5-4-9-17(20)16-23/h4-5,8-12,15H,3,6-7,13-14H2,1-2H3. The molecular weight excluding hydrogens is 324 g/mol. The number of benzene rings is 2. The fourth-order valence-corrected chi connectivity index (χ4v) is 3.78. The van der Waals surface area contributed by atoms with Crippen LogP contribution in [0.2, 0.25) is 0 Å². The van der Waals surface area contributed by atoms with E-state index in [1.807, 2.05) is 48.3 Å². The molecule has 26 heavy (non-hydrogen) atoms. The predicted molar refractivity (Wildman–Crippen MR) is 101 cm³/mol. The SMILES string of the molecule is CCC1(c2cccc(Oc3ccccc3C#N)c2)CCCCN(C)C1=O. The summed E-state index contributed by atoms with van der Waals surface area (Å²) in [7, 11) is 1.89. The van der Waals surface area contributed by atoms with Crippen LogP contribution in [-0.2, 0) is 10.2 Å². The molecule has 3 rings (SSSR count). The van der Waals surface area contributed by atoms with Crippen LogP contribution in [0.4, 0.5) is 0 Å². The van der Waals surface area contributed by atoms with Crippen LogP contribution in [0.5, 0.6) is 11.5 Å². The molecule has 1 unspecified atom stereocenters. The van der Waals surface area contributed by atoms with E-state index in [9.17, 15) is 10.1 Å². The number of para-hydroxylation sites is 1. The molecule has 0 N–H and O–H groups in total. The average Bonchev–Trinajstić information content (AvgIpc) is 2.82. The quantitative estimate of drug-likeness (QED) is 0.809. The zero-order chi connectivity index (χ0) is 18.6. The number of nitriles is 1. The maximum absolute atomic E-state index is 13.1. The van der Waals surface area contributed by atoms with E-state index in [1.54, 1.807) is 12.1 Å². The van der Waals surface area contributed by atoms with Gasteiger partial charge in [0.1, 0.15) is 17.6 Å². The van der Waals surface area contributed by atoms with Crippen molar-refractivity contribution >= 4 is 5.91 Å². The van der Waals surface area contributed by atoms with E-state index in [2.05, 4.69) is 13.0 Å². The highest BCUT2D eigenvalue weighted by Crippen LogP contribution is 2.39. The second-order valence-electron chi connectivity index (χ2n) is 6.86. The lowest BCUT2D eigenvalue weighted by Gasteiger charge is -2.33. The molecule has 0 saturated carbocycles. The molecular formula is C22H24N2O2. The minimum Gasteiger partial charge on any atom is -0.456 e. The smallest absolute Gasteiger partial charge is 0.232 e. The van der Waals surface area contributed by atoms with Crippen LogP contribution in [-0.4, -0.2) is 24.4 Å². The molecule has 0 radical (unpaired) electrons. The number of likely N-dealkylation sites (tertiary alicyclic amines) is 1. The van der Waals surface area contributed by atoms with Gasteiger partial charge in [0, 0.05) is 13.6 Å². The van der Waals surface area contributed by atoms with Gasteiger partial charge in [0.25, 0.3) is 0 Å². The molecule has 4 nitrogen and oxygen atoms in total. The Bertz CT molecular complexity index is 840. The van der Waals surface area contributed by atoms with Gasteiger partial charge >= 0.3 is 0 Å². The topological polar surface area (TPSA) is 53.3 Å². The fraction of sp³-hybridized carbons (Fsp3) is 0.364. The summed E-state index contributed by atoms with van der Waals surface area (Å²) in [6.45, 7) is 2.89. The van der Waals surface area contributed by atoms with Crippen molar-refractivity contribution in [3.05, 3.63) is 59.7 Å². The molecule has 1 atom stereocenters. The Morgan fingerprint density at radius 1 is 1.19 bits per heavy atom. The van der Waals surface area contributed by atoms with Crippen molar-refractivity contribution < 1.29 is 9.53 Å². The lowest BCUT2D eigenvalue weighted by Crippen LogP contribution is -2.43. The molecule has 1 aliphatic heterocycles. The van der Waals surface area contributed by atoms with Gasteiger partial charge in [0.2, 0.25) is 5.91 Å². The van der Waals surface area contributed by atoms with Crippen molar-refractivity contribution in [1.29, 1.82) is 5.26 Å². The summed E-state index contributed by atoms with van der Waals surface area (Å²) < 4.78 is 5.97. The van der Waals surface area contributed by atoms with Crippen molar-refractivity contribution in [3.8, 4) is 17.6 Å². The van der Waals surface area contributed by atoms with Gasteiger partial charge in [0.15, 0.2) is 0 Å². The highest BCUT2D eigenvalue weighted by atomic mass is 16.5. The Balaban J connectivity index is 1.97. The first-order valence-electron chi connectivity index (χ1n) is 9.14. The van der Waals surface area contributed by atoms with Gasteiger partial charge in [-0.25, -0.2) is 0 Å². The molecule has 1 amide bonds. The van der Waals surface area contributed by atoms with Gasteiger partial charge in [-0.1, -0.05) is 37.6 Å². The minimum absolute atomic E-state index is 0.187. The van der Waals surface area contributed by atoms with Crippen LogP contribution in [0, 0.1) is 11.3 Å². The second kappa shape index (κ2) is 7.61. The van der Waals surface area contributed by atoms with Crippen molar-refractivity contribution in [3.63, 3.8) is 0 Å². The molecule has 2 aromatic carbocycles. The number of hydrogen-bond donors (Lipinski definition) is 0. The number of carbonyl (C=O) groups is 1. The van der Waals surface area contributed by atoms with E-state index in [1.165, 1.54) is 0 Å². The van der Waals surface area contributed by atoms with E-state index in [0.29, 0.717) is 17.1 Å². The molecule has 1 heterocycles. The Kier molecular flexibility index (Phi) is 5.27. The number of rotatable bonds is 4. The zero-order valence-corrected chi connectivity index (χ0v) is 15.4. The summed E-state index contributed by atoms with van der Waals surface area (Å²) in [5.41, 5.74) is 0.985. The predicted octanol–water partition coefficient (Wildman–Crippen LogP) is 4.64. The summed E-state index contributed by atoms with van der Waals surface area (Å²) in [5, 5.41) is 9.25. The summed E-state index contributed by atoms with van der Waals surface area (Å²) in [5.74, 6) is 1.37. The Hall–Kier alpha value is -2.80. The first-order valence-corrected chi connectivity index (χ1v) is 9.14. The number of amides is 1. The van der Waals surface area contributed by atoms with Crippen LogP contribution < -0.4 is 4.74 Å². The number of nitrogens with zero attached hydrogens (tertiary/aromatic N) is 2. The third-order valence-electron chi connectivity index (χ3n) is 5.33. The van der Waals surface area contributed by atoms with Crippen LogP contribution in [0.15, 0.2) is 48.5 Å². The molecule has 4 heteroatoms. The maximum atomic E-state index is 13.1. The van der Waals surface area contributed by atoms with Crippen LogP contribution in [0.1, 0.15) is 43.7 Å². The van der Waals surface area contributed by atoms with Crippen LogP contribution in [0.3, 0.4) is 0 Å². The molecule has 1 aliphatic rings. The van der Waals surface area contributed by atoms with Gasteiger partial charge in [0.05, 0.1) is 11.0 Å². The lowest BCUT2D eigenvalue weighted by atomic mass is 9.73. The van der Waals surface area contributed by atoms with E-state index in [0.717, 1.165) is 37.8 Å². The van der Waals surface area contributed by atoms with E-state index in [4.69, 9.17) is 4.74 Å². The summed E-state index contributed by atoms with van der Waals surface area (Å²) in [6.07, 6.45) is 3.68. The lowest BCUT2D eigenvalue weighted by molar-refractivity contribution is -0.135. The molecule has 2 aromatic rings. The number of carbonyl (C=O) groups excluding carboxylic acids is 1. The molecule has 0 aliphatic carbocycles. The third-order valence-corrected chi connectivity index (χ3v) is 5.33. The van der Waals surface area contributed by atoms with Crippen LogP contribution in [0.25, 0.3) is 0 Å². The van der Waals surface area contributed by atoms with E-state index in [-0.39, 0.29) is 5.91 Å². The number of hydrogen-bond acceptors (Lipinski definition) is 3. The highest BCUT2D eigenvalue weighted by Gasteiger charge is 2.41. The summed E-state index contributed by atoms with van der Waals surface area (Å²) in [4.78, 5) is 15.0. The number of ether oxygens (including phenoxy) is 1. The monoisotopic (exact) mass is 348 g/mol. The van der Waals surface area contributed by atoms with Crippen molar-refractivity contribution in [2.75, 3.05) is 13.6 Å². The van der Waals surface area contributed by atoms with Gasteiger partial charge in [-0.2, -0.15) is 5.26 Å². The Morgan fingerprint density at radius 2 is 2.00 bits per heavy atom. The molecule has 134 valence electrons.